The molecule has 2 aliphatic rings. The summed E-state index contributed by atoms with van der Waals surface area (Å²) >= 11 is 0. The lowest BCUT2D eigenvalue weighted by Gasteiger charge is -2.31. The van der Waals surface area contributed by atoms with E-state index in [4.69, 9.17) is 4.74 Å². The molecule has 0 aromatic heterocycles. The lowest BCUT2D eigenvalue weighted by Crippen LogP contribution is -2.40. The molecular weight excluding hydrogens is 328 g/mol. The topological polar surface area (TPSA) is 49.9 Å². The van der Waals surface area contributed by atoms with Crippen LogP contribution in [0.15, 0.2) is 24.3 Å². The van der Waals surface area contributed by atoms with Gasteiger partial charge in [0.1, 0.15) is 12.4 Å². The Morgan fingerprint density at radius 1 is 1.08 bits per heavy atom. The molecule has 142 valence electrons. The molecule has 1 saturated carbocycles. The van der Waals surface area contributed by atoms with Crippen LogP contribution in [0.25, 0.3) is 0 Å². The number of hydrogen-bond acceptors (Lipinski definition) is 3. The van der Waals surface area contributed by atoms with Crippen molar-refractivity contribution in [2.24, 2.45) is 0 Å². The molecule has 1 aromatic rings. The highest BCUT2D eigenvalue weighted by Gasteiger charge is 2.25. The van der Waals surface area contributed by atoms with Crippen LogP contribution in [0.5, 0.6) is 5.75 Å². The number of hydrogen-bond donors (Lipinski definition) is 0. The van der Waals surface area contributed by atoms with Crippen LogP contribution >= 0.6 is 0 Å². The maximum Gasteiger partial charge on any atom is 0.227 e. The van der Waals surface area contributed by atoms with Gasteiger partial charge in [0.25, 0.3) is 0 Å². The summed E-state index contributed by atoms with van der Waals surface area (Å²) in [5.74, 6) is 0.829. The molecule has 1 aliphatic carbocycles. The third-order valence-corrected chi connectivity index (χ3v) is 5.60. The first kappa shape index (κ1) is 18.7. The van der Waals surface area contributed by atoms with Crippen LogP contribution in [0.1, 0.15) is 57.8 Å². The van der Waals surface area contributed by atoms with E-state index in [0.29, 0.717) is 19.2 Å². The zero-order valence-corrected chi connectivity index (χ0v) is 15.8. The summed E-state index contributed by atoms with van der Waals surface area (Å²) in [5.41, 5.74) is 0.810. The summed E-state index contributed by atoms with van der Waals surface area (Å²) in [4.78, 5) is 28.9. The number of para-hydroxylation sites is 2. The van der Waals surface area contributed by atoms with E-state index in [9.17, 15) is 9.59 Å². The van der Waals surface area contributed by atoms with Crippen molar-refractivity contribution in [2.45, 2.75) is 63.8 Å². The zero-order valence-electron chi connectivity index (χ0n) is 15.8. The molecule has 5 nitrogen and oxygen atoms in total. The Hall–Kier alpha value is -2.04. The molecule has 0 bridgehead atoms. The number of carbonyl (C=O) groups is 2. The molecule has 26 heavy (non-hydrogen) atoms. The molecule has 1 aromatic carbocycles. The van der Waals surface area contributed by atoms with E-state index < -0.39 is 0 Å². The Kier molecular flexibility index (Phi) is 6.53. The average molecular weight is 358 g/mol. The predicted octanol–water partition coefficient (Wildman–Crippen LogP) is 3.76. The van der Waals surface area contributed by atoms with E-state index in [1.807, 2.05) is 36.2 Å². The average Bonchev–Trinajstić information content (AvgIpc) is 2.64. The first-order valence-electron chi connectivity index (χ1n) is 9.94. The molecule has 1 fully saturated rings. The summed E-state index contributed by atoms with van der Waals surface area (Å²) in [5, 5.41) is 0. The van der Waals surface area contributed by atoms with Gasteiger partial charge in [-0.25, -0.2) is 0 Å². The number of carbonyl (C=O) groups excluding carboxylic acids is 2. The second-order valence-corrected chi connectivity index (χ2v) is 7.37. The number of rotatable bonds is 4. The Balaban J connectivity index is 1.53. The Morgan fingerprint density at radius 3 is 2.54 bits per heavy atom. The van der Waals surface area contributed by atoms with E-state index in [-0.39, 0.29) is 24.7 Å². The van der Waals surface area contributed by atoms with Crippen molar-refractivity contribution in [3.05, 3.63) is 24.3 Å². The van der Waals surface area contributed by atoms with Gasteiger partial charge in [-0.1, -0.05) is 44.2 Å². The van der Waals surface area contributed by atoms with Gasteiger partial charge in [0.2, 0.25) is 11.8 Å². The fourth-order valence-corrected chi connectivity index (χ4v) is 3.98. The van der Waals surface area contributed by atoms with Crippen molar-refractivity contribution in [3.8, 4) is 5.75 Å². The van der Waals surface area contributed by atoms with Gasteiger partial charge >= 0.3 is 0 Å². The molecule has 0 unspecified atom stereocenters. The molecule has 0 saturated heterocycles. The summed E-state index contributed by atoms with van der Waals surface area (Å²) in [6, 6.07) is 7.92. The molecule has 3 rings (SSSR count). The molecule has 2 amide bonds. The summed E-state index contributed by atoms with van der Waals surface area (Å²) < 4.78 is 5.60. The summed E-state index contributed by atoms with van der Waals surface area (Å²) in [6.45, 7) is 1.04. The van der Waals surface area contributed by atoms with Gasteiger partial charge in [0.05, 0.1) is 12.2 Å². The second kappa shape index (κ2) is 9.06. The quantitative estimate of drug-likeness (QED) is 0.823. The zero-order chi connectivity index (χ0) is 18.4. The highest BCUT2D eigenvalue weighted by Crippen LogP contribution is 2.31. The van der Waals surface area contributed by atoms with Crippen LogP contribution in [0.2, 0.25) is 0 Å². The van der Waals surface area contributed by atoms with Crippen molar-refractivity contribution in [1.29, 1.82) is 0 Å². The second-order valence-electron chi connectivity index (χ2n) is 7.37. The van der Waals surface area contributed by atoms with Crippen molar-refractivity contribution in [3.63, 3.8) is 0 Å². The highest BCUT2D eigenvalue weighted by atomic mass is 16.5. The van der Waals surface area contributed by atoms with Gasteiger partial charge < -0.3 is 14.5 Å². The SMILES string of the molecule is CN(C(=O)CCC(=O)N1CCOc2ccccc21)C1CCCCCCC1. The summed E-state index contributed by atoms with van der Waals surface area (Å²) in [7, 11) is 1.91. The maximum absolute atomic E-state index is 12.7. The van der Waals surface area contributed by atoms with Crippen molar-refractivity contribution in [2.75, 3.05) is 25.1 Å². The smallest absolute Gasteiger partial charge is 0.227 e. The van der Waals surface area contributed by atoms with Crippen molar-refractivity contribution in [1.82, 2.24) is 4.90 Å². The van der Waals surface area contributed by atoms with E-state index in [1.54, 1.807) is 4.90 Å². The molecule has 1 heterocycles. The number of ether oxygens (including phenoxy) is 1. The lowest BCUT2D eigenvalue weighted by molar-refractivity contribution is -0.134. The van der Waals surface area contributed by atoms with Gasteiger partial charge in [-0.2, -0.15) is 0 Å². The maximum atomic E-state index is 12.7. The van der Waals surface area contributed by atoms with Gasteiger partial charge in [0, 0.05) is 25.9 Å². The van der Waals surface area contributed by atoms with E-state index in [0.717, 1.165) is 24.3 Å². The molecule has 0 radical (unpaired) electrons. The minimum absolute atomic E-state index is 0.000154. The normalized spacial score (nSPS) is 18.3. The third-order valence-electron chi connectivity index (χ3n) is 5.60. The molecular formula is C21H30N2O3. The lowest BCUT2D eigenvalue weighted by atomic mass is 9.95. The number of nitrogens with zero attached hydrogens (tertiary/aromatic N) is 2. The van der Waals surface area contributed by atoms with Crippen LogP contribution in [-0.2, 0) is 9.59 Å². The predicted molar refractivity (Wildman–Crippen MR) is 102 cm³/mol. The number of amides is 2. The van der Waals surface area contributed by atoms with Crippen molar-refractivity contribution < 1.29 is 14.3 Å². The van der Waals surface area contributed by atoms with E-state index in [2.05, 4.69) is 0 Å². The summed E-state index contributed by atoms with van der Waals surface area (Å²) in [6.07, 6.45) is 8.98. The van der Waals surface area contributed by atoms with Crippen LogP contribution in [0.3, 0.4) is 0 Å². The van der Waals surface area contributed by atoms with Crippen LogP contribution in [-0.4, -0.2) is 43.0 Å². The van der Waals surface area contributed by atoms with Crippen LogP contribution in [0, 0.1) is 0 Å². The molecule has 5 heteroatoms. The van der Waals surface area contributed by atoms with E-state index in [1.165, 1.54) is 32.1 Å². The highest BCUT2D eigenvalue weighted by molar-refractivity contribution is 5.97. The van der Waals surface area contributed by atoms with Crippen LogP contribution in [0.4, 0.5) is 5.69 Å². The van der Waals surface area contributed by atoms with E-state index >= 15 is 0 Å². The minimum atomic E-state index is 0.000154. The minimum Gasteiger partial charge on any atom is -0.490 e. The fourth-order valence-electron chi connectivity index (χ4n) is 3.98. The van der Waals surface area contributed by atoms with Crippen molar-refractivity contribution >= 4 is 17.5 Å². The molecule has 0 N–H and O–H groups in total. The van der Waals surface area contributed by atoms with Gasteiger partial charge in [-0.05, 0) is 25.0 Å². The Morgan fingerprint density at radius 2 is 1.77 bits per heavy atom. The van der Waals surface area contributed by atoms with Crippen LogP contribution < -0.4 is 9.64 Å². The first-order chi connectivity index (χ1) is 12.7. The largest absolute Gasteiger partial charge is 0.490 e. The van der Waals surface area contributed by atoms with Gasteiger partial charge in [0.15, 0.2) is 0 Å². The number of benzene rings is 1. The Bertz CT molecular complexity index is 623. The Labute approximate surface area is 156 Å². The standard InChI is InChI=1S/C21H30N2O3/c1-22(17-9-5-3-2-4-6-10-17)20(24)13-14-21(25)23-15-16-26-19-12-8-7-11-18(19)23/h7-8,11-12,17H,2-6,9-10,13-16H2,1H3. The van der Waals surface area contributed by atoms with Gasteiger partial charge in [-0.3, -0.25) is 9.59 Å². The number of anilines is 1. The molecule has 0 spiro atoms. The third kappa shape index (κ3) is 4.57. The fraction of sp³-hybridized carbons (Fsp3) is 0.619. The van der Waals surface area contributed by atoms with Gasteiger partial charge in [-0.15, -0.1) is 0 Å². The number of fused-ring (bicyclic) bond motifs is 1. The molecule has 1 aliphatic heterocycles. The monoisotopic (exact) mass is 358 g/mol. The molecule has 0 atom stereocenters. The first-order valence-corrected chi connectivity index (χ1v) is 9.94.